The molecular weight excluding hydrogens is 554 g/mol. The maximum Gasteiger partial charge on any atom is 0.272 e. The number of thioether (sulfide) groups is 1. The van der Waals surface area contributed by atoms with Crippen LogP contribution in [0.15, 0.2) is 108 Å². The third-order valence-electron chi connectivity index (χ3n) is 6.32. The van der Waals surface area contributed by atoms with Gasteiger partial charge in [-0.2, -0.15) is 0 Å². The summed E-state index contributed by atoms with van der Waals surface area (Å²) in [5.41, 5.74) is 4.32. The second-order valence-corrected chi connectivity index (χ2v) is 11.2. The normalized spacial score (nSPS) is 11.9. The molecule has 4 aromatic carbocycles. The van der Waals surface area contributed by atoms with Gasteiger partial charge in [-0.1, -0.05) is 66.2 Å². The number of hydrogen-bond donors (Lipinski definition) is 3. The zero-order valence-electron chi connectivity index (χ0n) is 22.9. The van der Waals surface area contributed by atoms with Gasteiger partial charge in [-0.25, -0.2) is 0 Å². The zero-order chi connectivity index (χ0) is 29.4. The number of aryl methyl sites for hydroxylation is 1. The van der Waals surface area contributed by atoms with Crippen LogP contribution in [0.1, 0.15) is 34.0 Å². The maximum atomic E-state index is 13.4. The Kier molecular flexibility index (Phi) is 10.0. The van der Waals surface area contributed by atoms with Crippen molar-refractivity contribution in [2.45, 2.75) is 30.9 Å². The van der Waals surface area contributed by atoms with Crippen molar-refractivity contribution in [3.63, 3.8) is 0 Å². The van der Waals surface area contributed by atoms with Crippen molar-refractivity contribution < 1.29 is 14.4 Å². The molecule has 0 bridgehead atoms. The largest absolute Gasteiger partial charge is 0.325 e. The Morgan fingerprint density at radius 3 is 2.29 bits per heavy atom. The summed E-state index contributed by atoms with van der Waals surface area (Å²) in [6.45, 7) is 5.60. The molecular formula is C33H30ClN3O3S. The van der Waals surface area contributed by atoms with Crippen LogP contribution in [0.25, 0.3) is 6.08 Å². The summed E-state index contributed by atoms with van der Waals surface area (Å²) < 4.78 is 0. The lowest BCUT2D eigenvalue weighted by atomic mass is 10.1. The van der Waals surface area contributed by atoms with Gasteiger partial charge in [0.1, 0.15) is 5.70 Å². The van der Waals surface area contributed by atoms with Crippen molar-refractivity contribution in [3.05, 3.63) is 130 Å². The molecule has 0 saturated heterocycles. The SMILES string of the molecule is Cc1ccccc1/C=C(\NC(=O)c1ccccc1)C(=O)Nc1cccc(SC(C)C(=O)Nc2cccc(Cl)c2C)c1. The molecule has 6 nitrogen and oxygen atoms in total. The fourth-order valence-corrected chi connectivity index (χ4v) is 5.03. The standard InChI is InChI=1S/C33H30ClN3O3S/c1-21-11-7-8-14-25(21)19-30(37-32(39)24-12-5-4-6-13-24)33(40)35-26-15-9-16-27(20-26)41-23(3)31(38)36-29-18-10-17-28(34)22(29)2/h4-20,23H,1-3H3,(H,35,40)(H,36,38)(H,37,39)/b30-19-. The van der Waals surface area contributed by atoms with E-state index in [1.54, 1.807) is 60.7 Å². The first-order valence-electron chi connectivity index (χ1n) is 13.0. The molecule has 0 heterocycles. The fraction of sp³-hybridized carbons (Fsp3) is 0.121. The first-order chi connectivity index (χ1) is 19.7. The van der Waals surface area contributed by atoms with Gasteiger partial charge in [-0.15, -0.1) is 11.8 Å². The van der Waals surface area contributed by atoms with E-state index in [0.717, 1.165) is 21.6 Å². The van der Waals surface area contributed by atoms with Gasteiger partial charge in [-0.3, -0.25) is 14.4 Å². The molecule has 3 N–H and O–H groups in total. The van der Waals surface area contributed by atoms with Crippen LogP contribution in [0.4, 0.5) is 11.4 Å². The predicted octanol–water partition coefficient (Wildman–Crippen LogP) is 7.49. The number of nitrogens with one attached hydrogen (secondary N) is 3. The fourth-order valence-electron chi connectivity index (χ4n) is 3.93. The van der Waals surface area contributed by atoms with Gasteiger partial charge in [0.25, 0.3) is 11.8 Å². The van der Waals surface area contributed by atoms with Crippen LogP contribution < -0.4 is 16.0 Å². The summed E-state index contributed by atoms with van der Waals surface area (Å²) in [6, 6.07) is 28.9. The molecule has 0 aliphatic rings. The van der Waals surface area contributed by atoms with Crippen molar-refractivity contribution in [2.75, 3.05) is 10.6 Å². The number of benzene rings is 4. The van der Waals surface area contributed by atoms with E-state index in [0.29, 0.717) is 22.0 Å². The number of carbonyl (C=O) groups excluding carboxylic acids is 3. The van der Waals surface area contributed by atoms with Crippen LogP contribution in [0.5, 0.6) is 0 Å². The van der Waals surface area contributed by atoms with Gasteiger partial charge in [0.2, 0.25) is 5.91 Å². The molecule has 0 fully saturated rings. The minimum Gasteiger partial charge on any atom is -0.325 e. The summed E-state index contributed by atoms with van der Waals surface area (Å²) in [6.07, 6.45) is 1.66. The number of halogens is 1. The summed E-state index contributed by atoms with van der Waals surface area (Å²) in [5, 5.41) is 8.75. The summed E-state index contributed by atoms with van der Waals surface area (Å²) in [5.74, 6) is -1.02. The van der Waals surface area contributed by atoms with E-state index in [2.05, 4.69) is 16.0 Å². The summed E-state index contributed by atoms with van der Waals surface area (Å²) in [7, 11) is 0. The highest BCUT2D eigenvalue weighted by Crippen LogP contribution is 2.28. The van der Waals surface area contributed by atoms with Crippen molar-refractivity contribution in [1.82, 2.24) is 5.32 Å². The number of amides is 3. The summed E-state index contributed by atoms with van der Waals surface area (Å²) >= 11 is 7.54. The Balaban J connectivity index is 1.49. The van der Waals surface area contributed by atoms with Crippen LogP contribution in [-0.4, -0.2) is 23.0 Å². The van der Waals surface area contributed by atoms with Crippen molar-refractivity contribution in [3.8, 4) is 0 Å². The topological polar surface area (TPSA) is 87.3 Å². The first kappa shape index (κ1) is 29.6. The van der Waals surface area contributed by atoms with Crippen molar-refractivity contribution >= 4 is 58.5 Å². The molecule has 1 unspecified atom stereocenters. The van der Waals surface area contributed by atoms with Crippen LogP contribution in [-0.2, 0) is 9.59 Å². The lowest BCUT2D eigenvalue weighted by molar-refractivity contribution is -0.115. The van der Waals surface area contributed by atoms with E-state index in [1.165, 1.54) is 11.8 Å². The molecule has 8 heteroatoms. The molecule has 41 heavy (non-hydrogen) atoms. The number of rotatable bonds is 9. The average molecular weight is 584 g/mol. The predicted molar refractivity (Wildman–Crippen MR) is 168 cm³/mol. The maximum absolute atomic E-state index is 13.4. The Labute approximate surface area is 249 Å². The van der Waals surface area contributed by atoms with E-state index >= 15 is 0 Å². The number of hydrogen-bond acceptors (Lipinski definition) is 4. The third kappa shape index (κ3) is 8.10. The van der Waals surface area contributed by atoms with E-state index in [4.69, 9.17) is 11.6 Å². The molecule has 208 valence electrons. The molecule has 1 atom stereocenters. The molecule has 4 rings (SSSR count). The average Bonchev–Trinajstić information content (AvgIpc) is 2.96. The molecule has 0 saturated carbocycles. The Hall–Kier alpha value is -4.33. The van der Waals surface area contributed by atoms with Crippen LogP contribution in [0.2, 0.25) is 5.02 Å². The van der Waals surface area contributed by atoms with Crippen LogP contribution >= 0.6 is 23.4 Å². The molecule has 0 aromatic heterocycles. The lowest BCUT2D eigenvalue weighted by Crippen LogP contribution is -2.30. The van der Waals surface area contributed by atoms with E-state index in [9.17, 15) is 14.4 Å². The quantitative estimate of drug-likeness (QED) is 0.141. The Bertz CT molecular complexity index is 1600. The van der Waals surface area contributed by atoms with Gasteiger partial charge in [-0.05, 0) is 86.0 Å². The van der Waals surface area contributed by atoms with E-state index < -0.39 is 11.2 Å². The van der Waals surface area contributed by atoms with Gasteiger partial charge in [0, 0.05) is 26.9 Å². The van der Waals surface area contributed by atoms with Crippen molar-refractivity contribution in [1.29, 1.82) is 0 Å². The third-order valence-corrected chi connectivity index (χ3v) is 7.82. The molecule has 0 aliphatic carbocycles. The van der Waals surface area contributed by atoms with Crippen LogP contribution in [0, 0.1) is 13.8 Å². The number of anilines is 2. The Morgan fingerprint density at radius 2 is 1.54 bits per heavy atom. The van der Waals surface area contributed by atoms with E-state index in [-0.39, 0.29) is 17.5 Å². The molecule has 0 radical (unpaired) electrons. The van der Waals surface area contributed by atoms with Gasteiger partial charge >= 0.3 is 0 Å². The van der Waals surface area contributed by atoms with E-state index in [1.807, 2.05) is 63.2 Å². The first-order valence-corrected chi connectivity index (χ1v) is 14.2. The second kappa shape index (κ2) is 13.8. The zero-order valence-corrected chi connectivity index (χ0v) is 24.5. The lowest BCUT2D eigenvalue weighted by Gasteiger charge is -2.15. The second-order valence-electron chi connectivity index (χ2n) is 9.38. The van der Waals surface area contributed by atoms with Gasteiger partial charge < -0.3 is 16.0 Å². The monoisotopic (exact) mass is 583 g/mol. The molecule has 4 aromatic rings. The minimum atomic E-state index is -0.470. The highest BCUT2D eigenvalue weighted by atomic mass is 35.5. The highest BCUT2D eigenvalue weighted by Gasteiger charge is 2.18. The van der Waals surface area contributed by atoms with Crippen molar-refractivity contribution in [2.24, 2.45) is 0 Å². The molecule has 3 amide bonds. The number of carbonyl (C=O) groups is 3. The van der Waals surface area contributed by atoms with Gasteiger partial charge in [0.05, 0.1) is 5.25 Å². The molecule has 0 aliphatic heterocycles. The Morgan fingerprint density at radius 1 is 0.829 bits per heavy atom. The highest BCUT2D eigenvalue weighted by molar-refractivity contribution is 8.00. The van der Waals surface area contributed by atoms with Gasteiger partial charge in [0.15, 0.2) is 0 Å². The molecule has 0 spiro atoms. The summed E-state index contributed by atoms with van der Waals surface area (Å²) in [4.78, 5) is 40.0. The van der Waals surface area contributed by atoms with Crippen LogP contribution in [0.3, 0.4) is 0 Å². The smallest absolute Gasteiger partial charge is 0.272 e. The minimum absolute atomic E-state index is 0.107.